The van der Waals surface area contributed by atoms with Gasteiger partial charge in [-0.25, -0.2) is 9.78 Å². The van der Waals surface area contributed by atoms with Gasteiger partial charge in [-0.05, 0) is 30.2 Å². The second-order valence-corrected chi connectivity index (χ2v) is 8.88. The Bertz CT molecular complexity index is 1240. The highest BCUT2D eigenvalue weighted by molar-refractivity contribution is 6.09. The van der Waals surface area contributed by atoms with E-state index in [1.165, 1.54) is 11.9 Å². The minimum Gasteiger partial charge on any atom is -0.465 e. The Labute approximate surface area is 216 Å². The molecule has 1 aromatic heterocycles. The van der Waals surface area contributed by atoms with Crippen molar-refractivity contribution in [1.29, 1.82) is 0 Å². The fourth-order valence-corrected chi connectivity index (χ4v) is 4.17. The van der Waals surface area contributed by atoms with Gasteiger partial charge in [-0.3, -0.25) is 4.79 Å². The van der Waals surface area contributed by atoms with E-state index in [0.717, 1.165) is 16.8 Å². The van der Waals surface area contributed by atoms with Crippen LogP contribution in [0.1, 0.15) is 34.5 Å². The molecule has 0 radical (unpaired) electrons. The van der Waals surface area contributed by atoms with Crippen molar-refractivity contribution < 1.29 is 19.4 Å². The maximum Gasteiger partial charge on any atom is 0.407 e. The monoisotopic (exact) mass is 504 g/mol. The standard InChI is InChI=1S/C27H32N6O4/c1-4-28-26-29-16-22-24(30-26)31(2)13-14-33(25(22)34)21-12-8-9-19(15-21)18-37-23(17-32(3)27(35)36)20-10-6-5-7-11-20/h5-12,15-16,23H,4,13-14,17-18H2,1-3H3,(H,35,36)(H,28,29,30). The number of carbonyl (C=O) groups is 2. The highest BCUT2D eigenvalue weighted by Crippen LogP contribution is 2.28. The molecule has 1 unspecified atom stereocenters. The molecule has 10 heteroatoms. The summed E-state index contributed by atoms with van der Waals surface area (Å²) in [6, 6.07) is 17.2. The number of amides is 2. The molecule has 2 heterocycles. The summed E-state index contributed by atoms with van der Waals surface area (Å²) in [4.78, 5) is 38.7. The van der Waals surface area contributed by atoms with Gasteiger partial charge in [0.25, 0.3) is 5.91 Å². The van der Waals surface area contributed by atoms with Crippen molar-refractivity contribution in [3.05, 3.63) is 77.5 Å². The topological polar surface area (TPSA) is 111 Å². The summed E-state index contributed by atoms with van der Waals surface area (Å²) in [7, 11) is 3.44. The van der Waals surface area contributed by atoms with Crippen LogP contribution in [0.5, 0.6) is 0 Å². The smallest absolute Gasteiger partial charge is 0.407 e. The van der Waals surface area contributed by atoms with Crippen LogP contribution in [0.25, 0.3) is 0 Å². The molecule has 1 aliphatic rings. The Morgan fingerprint density at radius 2 is 1.97 bits per heavy atom. The van der Waals surface area contributed by atoms with Crippen LogP contribution in [0.3, 0.4) is 0 Å². The molecule has 10 nitrogen and oxygen atoms in total. The summed E-state index contributed by atoms with van der Waals surface area (Å²) >= 11 is 0. The Balaban J connectivity index is 1.53. The van der Waals surface area contributed by atoms with Gasteiger partial charge in [0.1, 0.15) is 17.5 Å². The molecule has 0 aliphatic carbocycles. The largest absolute Gasteiger partial charge is 0.465 e. The number of fused-ring (bicyclic) bond motifs is 1. The van der Waals surface area contributed by atoms with E-state index in [1.54, 1.807) is 11.1 Å². The normalized spacial score (nSPS) is 14.1. The first kappa shape index (κ1) is 25.9. The SMILES string of the molecule is CCNc1ncc2c(n1)N(C)CCN(c1cccc(COC(CN(C)C(=O)O)c3ccccc3)c1)C2=O. The Morgan fingerprint density at radius 1 is 1.19 bits per heavy atom. The molecule has 0 saturated carbocycles. The lowest BCUT2D eigenvalue weighted by Crippen LogP contribution is -2.33. The molecule has 1 atom stereocenters. The lowest BCUT2D eigenvalue weighted by atomic mass is 10.1. The number of ether oxygens (including phenoxy) is 1. The van der Waals surface area contributed by atoms with Gasteiger partial charge in [-0.15, -0.1) is 0 Å². The number of nitrogens with zero attached hydrogens (tertiary/aromatic N) is 5. The van der Waals surface area contributed by atoms with Crippen LogP contribution in [0.2, 0.25) is 0 Å². The van der Waals surface area contributed by atoms with Crippen LogP contribution in [0.4, 0.5) is 22.2 Å². The van der Waals surface area contributed by atoms with Crippen molar-refractivity contribution in [2.24, 2.45) is 0 Å². The predicted molar refractivity (Wildman–Crippen MR) is 142 cm³/mol. The maximum absolute atomic E-state index is 13.5. The zero-order chi connectivity index (χ0) is 26.4. The second-order valence-electron chi connectivity index (χ2n) is 8.88. The van der Waals surface area contributed by atoms with Gasteiger partial charge in [-0.1, -0.05) is 42.5 Å². The minimum absolute atomic E-state index is 0.161. The van der Waals surface area contributed by atoms with Crippen LogP contribution in [0, 0.1) is 0 Å². The quantitative estimate of drug-likeness (QED) is 0.452. The van der Waals surface area contributed by atoms with Crippen molar-refractivity contribution in [1.82, 2.24) is 14.9 Å². The van der Waals surface area contributed by atoms with Crippen LogP contribution >= 0.6 is 0 Å². The van der Waals surface area contributed by atoms with E-state index in [2.05, 4.69) is 15.3 Å². The molecule has 0 saturated heterocycles. The van der Waals surface area contributed by atoms with Gasteiger partial charge in [0.05, 0.1) is 13.2 Å². The highest BCUT2D eigenvalue weighted by Gasteiger charge is 2.28. The number of anilines is 3. The summed E-state index contributed by atoms with van der Waals surface area (Å²) in [5, 5.41) is 12.4. The van der Waals surface area contributed by atoms with E-state index in [4.69, 9.17) is 4.74 Å². The Kier molecular flexibility index (Phi) is 8.19. The third-order valence-electron chi connectivity index (χ3n) is 6.21. The third kappa shape index (κ3) is 6.15. The van der Waals surface area contributed by atoms with Crippen LogP contribution < -0.4 is 15.1 Å². The van der Waals surface area contributed by atoms with Gasteiger partial charge in [0, 0.05) is 45.6 Å². The first-order valence-electron chi connectivity index (χ1n) is 12.2. The number of rotatable bonds is 9. The Hall–Kier alpha value is -4.18. The number of hydrogen-bond donors (Lipinski definition) is 2. The number of nitrogens with one attached hydrogen (secondary N) is 1. The first-order chi connectivity index (χ1) is 17.9. The van der Waals surface area contributed by atoms with E-state index in [0.29, 0.717) is 37.0 Å². The fourth-order valence-electron chi connectivity index (χ4n) is 4.17. The van der Waals surface area contributed by atoms with Gasteiger partial charge in [-0.2, -0.15) is 4.98 Å². The zero-order valence-electron chi connectivity index (χ0n) is 21.3. The van der Waals surface area contributed by atoms with Crippen molar-refractivity contribution in [3.63, 3.8) is 0 Å². The van der Waals surface area contributed by atoms with Crippen molar-refractivity contribution in [2.75, 3.05) is 55.4 Å². The fraction of sp³-hybridized carbons (Fsp3) is 0.333. The van der Waals surface area contributed by atoms with Crippen molar-refractivity contribution >= 4 is 29.5 Å². The number of benzene rings is 2. The number of carboxylic acid groups (broad SMARTS) is 1. The minimum atomic E-state index is -1.02. The van der Waals surface area contributed by atoms with E-state index in [-0.39, 0.29) is 19.1 Å². The predicted octanol–water partition coefficient (Wildman–Crippen LogP) is 3.87. The molecule has 194 valence electrons. The third-order valence-corrected chi connectivity index (χ3v) is 6.21. The molecule has 0 bridgehead atoms. The number of hydrogen-bond acceptors (Lipinski definition) is 7. The average Bonchev–Trinajstić information content (AvgIpc) is 3.03. The van der Waals surface area contributed by atoms with E-state index in [1.807, 2.05) is 73.5 Å². The number of carbonyl (C=O) groups excluding carboxylic acids is 1. The molecule has 2 aromatic carbocycles. The first-order valence-corrected chi connectivity index (χ1v) is 12.2. The highest BCUT2D eigenvalue weighted by atomic mass is 16.5. The van der Waals surface area contributed by atoms with Crippen LogP contribution in [0.15, 0.2) is 60.8 Å². The molecule has 4 rings (SSSR count). The molecule has 1 aliphatic heterocycles. The van der Waals surface area contributed by atoms with E-state index < -0.39 is 12.2 Å². The molecular weight excluding hydrogens is 472 g/mol. The molecule has 2 N–H and O–H groups in total. The zero-order valence-corrected chi connectivity index (χ0v) is 21.3. The summed E-state index contributed by atoms with van der Waals surface area (Å²) < 4.78 is 6.19. The average molecular weight is 505 g/mol. The molecule has 2 amide bonds. The van der Waals surface area contributed by atoms with Crippen molar-refractivity contribution in [3.8, 4) is 0 Å². The lowest BCUT2D eigenvalue weighted by Gasteiger charge is -2.24. The summed E-state index contributed by atoms with van der Waals surface area (Å²) in [5.41, 5.74) is 2.97. The summed E-state index contributed by atoms with van der Waals surface area (Å²) in [6.45, 7) is 4.21. The van der Waals surface area contributed by atoms with E-state index >= 15 is 0 Å². The van der Waals surface area contributed by atoms with Gasteiger partial charge < -0.3 is 29.9 Å². The second kappa shape index (κ2) is 11.7. The van der Waals surface area contributed by atoms with Crippen LogP contribution in [-0.4, -0.2) is 72.2 Å². The molecule has 37 heavy (non-hydrogen) atoms. The Morgan fingerprint density at radius 3 is 2.70 bits per heavy atom. The molecular formula is C27H32N6O4. The molecule has 0 fully saturated rings. The summed E-state index contributed by atoms with van der Waals surface area (Å²) in [5.74, 6) is 0.937. The van der Waals surface area contributed by atoms with Crippen LogP contribution in [-0.2, 0) is 11.3 Å². The van der Waals surface area contributed by atoms with Crippen molar-refractivity contribution in [2.45, 2.75) is 19.6 Å². The maximum atomic E-state index is 13.5. The molecule has 3 aromatic rings. The number of likely N-dealkylation sites (N-methyl/N-ethyl adjacent to an activating group) is 2. The van der Waals surface area contributed by atoms with Gasteiger partial charge in [0.15, 0.2) is 0 Å². The number of aromatic nitrogens is 2. The van der Waals surface area contributed by atoms with Gasteiger partial charge >= 0.3 is 6.09 Å². The van der Waals surface area contributed by atoms with Gasteiger partial charge in [0.2, 0.25) is 5.95 Å². The molecule has 0 spiro atoms. The summed E-state index contributed by atoms with van der Waals surface area (Å²) in [6.07, 6.45) is 0.126. The van der Waals surface area contributed by atoms with E-state index in [9.17, 15) is 14.7 Å². The lowest BCUT2D eigenvalue weighted by molar-refractivity contribution is 0.0201.